The summed E-state index contributed by atoms with van der Waals surface area (Å²) in [5.41, 5.74) is 0.873. The summed E-state index contributed by atoms with van der Waals surface area (Å²) in [6.07, 6.45) is -1.15. The van der Waals surface area contributed by atoms with Crippen molar-refractivity contribution in [3.8, 4) is 0 Å². The molecule has 1 aromatic carbocycles. The SMILES string of the molecule is C[C@@H](O)[C@H](NC(=O)CSc1nc2ccccc2s1)C(=O)O. The van der Waals surface area contributed by atoms with E-state index in [9.17, 15) is 14.7 Å². The molecular weight excluding hydrogens is 312 g/mol. The number of amides is 1. The second-order valence-corrected chi connectivity index (χ2v) is 6.61. The Balaban J connectivity index is 1.93. The average molecular weight is 326 g/mol. The molecule has 112 valence electrons. The highest BCUT2D eigenvalue weighted by Crippen LogP contribution is 2.28. The molecule has 1 amide bonds. The number of para-hydroxylation sites is 1. The third kappa shape index (κ3) is 4.16. The Kier molecular flexibility index (Phi) is 5.16. The number of rotatable bonds is 6. The Labute approximate surface area is 129 Å². The van der Waals surface area contributed by atoms with Crippen LogP contribution in [0.2, 0.25) is 0 Å². The molecule has 0 aliphatic rings. The average Bonchev–Trinajstić information content (AvgIpc) is 2.84. The topological polar surface area (TPSA) is 99.5 Å². The second kappa shape index (κ2) is 6.88. The van der Waals surface area contributed by atoms with Gasteiger partial charge in [0.1, 0.15) is 0 Å². The van der Waals surface area contributed by atoms with Crippen LogP contribution in [0.5, 0.6) is 0 Å². The Morgan fingerprint density at radius 1 is 1.43 bits per heavy atom. The van der Waals surface area contributed by atoms with Crippen LogP contribution in [0.25, 0.3) is 10.2 Å². The quantitative estimate of drug-likeness (QED) is 0.693. The number of nitrogens with one attached hydrogen (secondary N) is 1. The lowest BCUT2D eigenvalue weighted by molar-refractivity contribution is -0.144. The van der Waals surface area contributed by atoms with Crippen molar-refractivity contribution in [1.29, 1.82) is 0 Å². The van der Waals surface area contributed by atoms with Gasteiger partial charge in [0.05, 0.1) is 22.1 Å². The molecule has 2 aromatic rings. The number of carbonyl (C=O) groups is 2. The molecule has 0 aliphatic heterocycles. The maximum atomic E-state index is 11.7. The molecule has 3 N–H and O–H groups in total. The first-order valence-corrected chi connectivity index (χ1v) is 7.96. The maximum Gasteiger partial charge on any atom is 0.328 e. The molecule has 0 unspecified atom stereocenters. The standard InChI is InChI=1S/C13H14N2O4S2/c1-7(16)11(12(18)19)15-10(17)6-20-13-14-8-4-2-3-5-9(8)21-13/h2-5,7,11,16H,6H2,1H3,(H,15,17)(H,18,19)/t7-,11+/m1/s1. The summed E-state index contributed by atoms with van der Waals surface area (Å²) in [6, 6.07) is 6.36. The molecule has 21 heavy (non-hydrogen) atoms. The number of benzene rings is 1. The Morgan fingerprint density at radius 2 is 2.14 bits per heavy atom. The van der Waals surface area contributed by atoms with Crippen molar-refractivity contribution in [3.63, 3.8) is 0 Å². The Morgan fingerprint density at radius 3 is 2.76 bits per heavy atom. The van der Waals surface area contributed by atoms with Gasteiger partial charge in [0.15, 0.2) is 10.4 Å². The minimum Gasteiger partial charge on any atom is -0.480 e. The van der Waals surface area contributed by atoms with Crippen molar-refractivity contribution in [2.24, 2.45) is 0 Å². The summed E-state index contributed by atoms with van der Waals surface area (Å²) in [5, 5.41) is 20.5. The summed E-state index contributed by atoms with van der Waals surface area (Å²) < 4.78 is 1.78. The highest BCUT2D eigenvalue weighted by molar-refractivity contribution is 8.01. The Hall–Kier alpha value is -1.64. The number of aliphatic carboxylic acids is 1. The van der Waals surface area contributed by atoms with E-state index >= 15 is 0 Å². The summed E-state index contributed by atoms with van der Waals surface area (Å²) in [4.78, 5) is 27.0. The zero-order valence-electron chi connectivity index (χ0n) is 11.1. The Bertz CT molecular complexity index is 623. The molecule has 2 atom stereocenters. The van der Waals surface area contributed by atoms with Gasteiger partial charge < -0.3 is 15.5 Å². The summed E-state index contributed by atoms with van der Waals surface area (Å²) in [6.45, 7) is 1.32. The van der Waals surface area contributed by atoms with Crippen LogP contribution in [-0.2, 0) is 9.59 Å². The number of nitrogens with zero attached hydrogens (tertiary/aromatic N) is 1. The number of hydrogen-bond donors (Lipinski definition) is 3. The summed E-state index contributed by atoms with van der Waals surface area (Å²) in [5.74, 6) is -1.66. The van der Waals surface area contributed by atoms with E-state index in [0.717, 1.165) is 14.6 Å². The van der Waals surface area contributed by atoms with Crippen LogP contribution < -0.4 is 5.32 Å². The van der Waals surface area contributed by atoms with Crippen molar-refractivity contribution in [2.75, 3.05) is 5.75 Å². The van der Waals surface area contributed by atoms with E-state index in [1.54, 1.807) is 0 Å². The third-order valence-electron chi connectivity index (χ3n) is 2.67. The first kappa shape index (κ1) is 15.7. The zero-order chi connectivity index (χ0) is 15.4. The molecule has 6 nitrogen and oxygen atoms in total. The zero-order valence-corrected chi connectivity index (χ0v) is 12.8. The molecule has 0 saturated carbocycles. The molecule has 1 aromatic heterocycles. The van der Waals surface area contributed by atoms with E-state index in [-0.39, 0.29) is 5.75 Å². The minimum absolute atomic E-state index is 0.0519. The number of carboxylic acids is 1. The van der Waals surface area contributed by atoms with Gasteiger partial charge in [-0.15, -0.1) is 11.3 Å². The van der Waals surface area contributed by atoms with Gasteiger partial charge in [-0.05, 0) is 19.1 Å². The number of carbonyl (C=O) groups excluding carboxylic acids is 1. The van der Waals surface area contributed by atoms with Gasteiger partial charge in [0.25, 0.3) is 0 Å². The van der Waals surface area contributed by atoms with E-state index in [0.29, 0.717) is 0 Å². The monoisotopic (exact) mass is 326 g/mol. The van der Waals surface area contributed by atoms with Crippen LogP contribution in [0.15, 0.2) is 28.6 Å². The smallest absolute Gasteiger partial charge is 0.328 e. The molecule has 2 rings (SSSR count). The van der Waals surface area contributed by atoms with Gasteiger partial charge in [-0.25, -0.2) is 9.78 Å². The highest BCUT2D eigenvalue weighted by atomic mass is 32.2. The van der Waals surface area contributed by atoms with Gasteiger partial charge in [-0.2, -0.15) is 0 Å². The van der Waals surface area contributed by atoms with E-state index in [2.05, 4.69) is 10.3 Å². The van der Waals surface area contributed by atoms with E-state index in [4.69, 9.17) is 5.11 Å². The predicted octanol–water partition coefficient (Wildman–Crippen LogP) is 1.34. The number of thioether (sulfide) groups is 1. The molecule has 0 spiro atoms. The van der Waals surface area contributed by atoms with Crippen LogP contribution in [0.4, 0.5) is 0 Å². The molecule has 8 heteroatoms. The molecule has 0 radical (unpaired) electrons. The van der Waals surface area contributed by atoms with Crippen molar-refractivity contribution >= 4 is 45.2 Å². The number of fused-ring (bicyclic) bond motifs is 1. The lowest BCUT2D eigenvalue weighted by atomic mass is 10.2. The number of thiazole rings is 1. The normalized spacial score (nSPS) is 13.8. The van der Waals surface area contributed by atoms with Crippen LogP contribution >= 0.6 is 23.1 Å². The largest absolute Gasteiger partial charge is 0.480 e. The second-order valence-electron chi connectivity index (χ2n) is 4.36. The first-order valence-electron chi connectivity index (χ1n) is 6.16. The van der Waals surface area contributed by atoms with E-state index < -0.39 is 24.0 Å². The fourth-order valence-corrected chi connectivity index (χ4v) is 3.52. The fourth-order valence-electron chi connectivity index (χ4n) is 1.64. The number of aliphatic hydroxyl groups is 1. The molecule has 0 fully saturated rings. The highest BCUT2D eigenvalue weighted by Gasteiger charge is 2.24. The maximum absolute atomic E-state index is 11.7. The van der Waals surface area contributed by atoms with Crippen molar-refractivity contribution in [3.05, 3.63) is 24.3 Å². The van der Waals surface area contributed by atoms with Crippen LogP contribution in [-0.4, -0.2) is 45.0 Å². The lowest BCUT2D eigenvalue weighted by Gasteiger charge is -2.16. The summed E-state index contributed by atoms with van der Waals surface area (Å²) in [7, 11) is 0. The van der Waals surface area contributed by atoms with Gasteiger partial charge in [0.2, 0.25) is 5.91 Å². The molecule has 0 saturated heterocycles. The van der Waals surface area contributed by atoms with Crippen LogP contribution in [0, 0.1) is 0 Å². The van der Waals surface area contributed by atoms with Crippen LogP contribution in [0.1, 0.15) is 6.92 Å². The van der Waals surface area contributed by atoms with E-state index in [1.165, 1.54) is 30.0 Å². The number of aliphatic hydroxyl groups excluding tert-OH is 1. The first-order chi connectivity index (χ1) is 9.97. The van der Waals surface area contributed by atoms with E-state index in [1.807, 2.05) is 24.3 Å². The van der Waals surface area contributed by atoms with Gasteiger partial charge in [0, 0.05) is 0 Å². The predicted molar refractivity (Wildman–Crippen MR) is 81.6 cm³/mol. The lowest BCUT2D eigenvalue weighted by Crippen LogP contribution is -2.48. The molecular formula is C13H14N2O4S2. The number of aromatic nitrogens is 1. The third-order valence-corrected chi connectivity index (χ3v) is 4.85. The van der Waals surface area contributed by atoms with Gasteiger partial charge >= 0.3 is 5.97 Å². The summed E-state index contributed by atoms with van der Waals surface area (Å²) >= 11 is 2.72. The number of hydrogen-bond acceptors (Lipinski definition) is 6. The van der Waals surface area contributed by atoms with Crippen molar-refractivity contribution in [2.45, 2.75) is 23.4 Å². The van der Waals surface area contributed by atoms with Crippen molar-refractivity contribution in [1.82, 2.24) is 10.3 Å². The molecule has 0 bridgehead atoms. The minimum atomic E-state index is -1.30. The van der Waals surface area contributed by atoms with Crippen molar-refractivity contribution < 1.29 is 19.8 Å². The molecule has 1 heterocycles. The van der Waals surface area contributed by atoms with Gasteiger partial charge in [-0.1, -0.05) is 23.9 Å². The number of carboxylic acid groups (broad SMARTS) is 1. The van der Waals surface area contributed by atoms with Gasteiger partial charge in [-0.3, -0.25) is 4.79 Å². The fraction of sp³-hybridized carbons (Fsp3) is 0.308. The van der Waals surface area contributed by atoms with Crippen LogP contribution in [0.3, 0.4) is 0 Å². The molecule has 0 aliphatic carbocycles.